The molecule has 8 heterocycles. The average molecular weight is 878 g/mol. The molecule has 14 nitrogen and oxygen atoms in total. The van der Waals surface area contributed by atoms with E-state index in [1.165, 1.54) is 17.3 Å². The van der Waals surface area contributed by atoms with Crippen molar-refractivity contribution in [2.45, 2.75) is 89.0 Å². The van der Waals surface area contributed by atoms with Crippen LogP contribution in [0.1, 0.15) is 102 Å². The molecule has 336 valence electrons. The highest BCUT2D eigenvalue weighted by Crippen LogP contribution is 2.37. The number of likely N-dealkylation sites (tertiary alicyclic amines) is 2. The second-order valence-corrected chi connectivity index (χ2v) is 18.3. The SMILES string of the molecule is C[C@@H](c1cc2c(-c3ccc(N)nc3)ccnc2n1C)N1CCC(c2ccc(C(=O)N3CCn4nc(CN5CCC(c6ccc(N[C@H]7CCC(=O)NC7=O)cc6F)CC5)cc4C3)cc2)CC1. The number of amides is 3. The van der Waals surface area contributed by atoms with Crippen LogP contribution in [0.5, 0.6) is 0 Å². The number of fused-ring (bicyclic) bond motifs is 2. The van der Waals surface area contributed by atoms with Gasteiger partial charge in [-0.25, -0.2) is 14.4 Å². The molecule has 4 aromatic heterocycles. The number of pyridine rings is 2. The van der Waals surface area contributed by atoms with E-state index in [1.54, 1.807) is 0 Å². The molecule has 3 amide bonds. The largest absolute Gasteiger partial charge is 0.384 e. The van der Waals surface area contributed by atoms with Gasteiger partial charge in [0.1, 0.15) is 23.3 Å². The molecule has 2 aromatic carbocycles. The van der Waals surface area contributed by atoms with Crippen LogP contribution in [0.2, 0.25) is 0 Å². The predicted octanol–water partition coefficient (Wildman–Crippen LogP) is 6.75. The number of imide groups is 1. The van der Waals surface area contributed by atoms with Crippen molar-refractivity contribution in [3.8, 4) is 11.1 Å². The number of rotatable bonds is 10. The van der Waals surface area contributed by atoms with Crippen molar-refractivity contribution in [1.82, 2.24) is 44.3 Å². The van der Waals surface area contributed by atoms with Crippen molar-refractivity contribution in [2.75, 3.05) is 43.8 Å². The van der Waals surface area contributed by atoms with Crippen LogP contribution >= 0.6 is 0 Å². The van der Waals surface area contributed by atoms with Gasteiger partial charge in [0.15, 0.2) is 0 Å². The third-order valence-corrected chi connectivity index (χ3v) is 14.3. The number of benzene rings is 2. The molecule has 3 saturated heterocycles. The zero-order valence-corrected chi connectivity index (χ0v) is 37.0. The minimum Gasteiger partial charge on any atom is -0.384 e. The first-order valence-corrected chi connectivity index (χ1v) is 23.0. The summed E-state index contributed by atoms with van der Waals surface area (Å²) in [6.07, 6.45) is 8.12. The van der Waals surface area contributed by atoms with Gasteiger partial charge in [-0.3, -0.25) is 34.2 Å². The lowest BCUT2D eigenvalue weighted by Crippen LogP contribution is -2.47. The van der Waals surface area contributed by atoms with Crippen molar-refractivity contribution in [3.63, 3.8) is 0 Å². The van der Waals surface area contributed by atoms with Gasteiger partial charge in [0.05, 0.1) is 24.5 Å². The summed E-state index contributed by atoms with van der Waals surface area (Å²) < 4.78 is 19.6. The van der Waals surface area contributed by atoms with Gasteiger partial charge in [-0.2, -0.15) is 5.10 Å². The second-order valence-electron chi connectivity index (χ2n) is 18.3. The number of aryl methyl sites for hydroxylation is 1. The van der Waals surface area contributed by atoms with Crippen molar-refractivity contribution in [3.05, 3.63) is 125 Å². The third-order valence-electron chi connectivity index (χ3n) is 14.3. The van der Waals surface area contributed by atoms with E-state index in [0.29, 0.717) is 61.1 Å². The molecule has 0 bridgehead atoms. The highest BCUT2D eigenvalue weighted by Gasteiger charge is 2.30. The van der Waals surface area contributed by atoms with Crippen molar-refractivity contribution >= 4 is 40.3 Å². The summed E-state index contributed by atoms with van der Waals surface area (Å²) in [5.41, 5.74) is 15.4. The number of aromatic nitrogens is 5. The molecule has 0 unspecified atom stereocenters. The molecule has 4 aliphatic rings. The van der Waals surface area contributed by atoms with Crippen LogP contribution in [-0.2, 0) is 36.3 Å². The summed E-state index contributed by atoms with van der Waals surface area (Å²) in [4.78, 5) is 53.3. The average Bonchev–Trinajstić information content (AvgIpc) is 3.89. The molecule has 65 heavy (non-hydrogen) atoms. The Bertz CT molecular complexity index is 2730. The van der Waals surface area contributed by atoms with Crippen LogP contribution in [0.25, 0.3) is 22.2 Å². The van der Waals surface area contributed by atoms with Gasteiger partial charge in [0.2, 0.25) is 11.8 Å². The lowest BCUT2D eigenvalue weighted by atomic mass is 9.88. The molecule has 4 N–H and O–H groups in total. The minimum atomic E-state index is -0.551. The number of carbonyl (C=O) groups excluding carboxylic acids is 3. The van der Waals surface area contributed by atoms with E-state index in [1.807, 2.05) is 64.4 Å². The van der Waals surface area contributed by atoms with Crippen LogP contribution in [0.4, 0.5) is 15.9 Å². The first-order valence-electron chi connectivity index (χ1n) is 23.0. The number of nitrogens with zero attached hydrogens (tertiary/aromatic N) is 8. The number of piperidine rings is 3. The van der Waals surface area contributed by atoms with Gasteiger partial charge in [-0.15, -0.1) is 0 Å². The fourth-order valence-electron chi connectivity index (χ4n) is 10.5. The van der Waals surface area contributed by atoms with Gasteiger partial charge in [-0.05, 0) is 148 Å². The Hall–Kier alpha value is -6.45. The van der Waals surface area contributed by atoms with Gasteiger partial charge in [-0.1, -0.05) is 18.2 Å². The Kier molecular flexibility index (Phi) is 11.7. The Morgan fingerprint density at radius 2 is 1.68 bits per heavy atom. The zero-order valence-electron chi connectivity index (χ0n) is 37.0. The van der Waals surface area contributed by atoms with Gasteiger partial charge in [0.25, 0.3) is 5.91 Å². The Morgan fingerprint density at radius 3 is 2.42 bits per heavy atom. The fraction of sp³-hybridized carbons (Fsp3) is 0.400. The molecular weight excluding hydrogens is 822 g/mol. The molecule has 0 saturated carbocycles. The van der Waals surface area contributed by atoms with Crippen LogP contribution in [0, 0.1) is 5.82 Å². The number of nitrogen functional groups attached to an aromatic ring is 1. The van der Waals surface area contributed by atoms with E-state index in [2.05, 4.69) is 68.2 Å². The van der Waals surface area contributed by atoms with E-state index in [9.17, 15) is 14.4 Å². The summed E-state index contributed by atoms with van der Waals surface area (Å²) in [5.74, 6) is 0.170. The summed E-state index contributed by atoms with van der Waals surface area (Å²) in [5, 5.41) is 11.4. The van der Waals surface area contributed by atoms with E-state index < -0.39 is 6.04 Å². The van der Waals surface area contributed by atoms with E-state index >= 15 is 4.39 Å². The van der Waals surface area contributed by atoms with Gasteiger partial charge >= 0.3 is 0 Å². The second kappa shape index (κ2) is 17.8. The molecule has 2 atom stereocenters. The Morgan fingerprint density at radius 1 is 0.892 bits per heavy atom. The molecular formula is C50H56FN11O3. The smallest absolute Gasteiger partial charge is 0.254 e. The Balaban J connectivity index is 0.698. The van der Waals surface area contributed by atoms with Gasteiger partial charge in [0, 0.05) is 72.9 Å². The van der Waals surface area contributed by atoms with Crippen LogP contribution < -0.4 is 16.4 Å². The molecule has 0 radical (unpaired) electrons. The van der Waals surface area contributed by atoms with E-state index in [4.69, 9.17) is 15.8 Å². The minimum absolute atomic E-state index is 0.0449. The van der Waals surface area contributed by atoms with Crippen LogP contribution in [0.3, 0.4) is 0 Å². The number of nitrogens with one attached hydrogen (secondary N) is 2. The molecule has 4 aliphatic heterocycles. The zero-order chi connectivity index (χ0) is 44.8. The van der Waals surface area contributed by atoms with E-state index in [-0.39, 0.29) is 41.9 Å². The maximum atomic E-state index is 15.3. The molecule has 3 fully saturated rings. The fourth-order valence-corrected chi connectivity index (χ4v) is 10.5. The van der Waals surface area contributed by atoms with Crippen molar-refractivity contribution in [1.29, 1.82) is 0 Å². The standard InChI is InChI=1S/C50H56FN11O3/c1-31(45-27-42-40(13-18-53-48(42)58(45)2)36-7-11-46(52)54-28-36)60-21-16-33(17-22-60)32-3-5-35(6-4-32)50(65)61-23-24-62-39(30-61)25-38(57-62)29-59-19-14-34(15-20-59)41-9-8-37(26-43(41)51)55-44-10-12-47(63)56-49(44)64/h3-9,11,13,18,25-28,31,33-34,44,55H,10,12,14-17,19-24,29-30H2,1-2H3,(H2,52,54)(H,56,63,64)/t31-,44-/m0/s1. The number of anilines is 2. The highest BCUT2D eigenvalue weighted by molar-refractivity contribution is 6.01. The van der Waals surface area contributed by atoms with Crippen LogP contribution in [-0.4, -0.2) is 95.5 Å². The molecule has 0 aliphatic carbocycles. The first kappa shape index (κ1) is 42.5. The van der Waals surface area contributed by atoms with Crippen LogP contribution in [0.15, 0.2) is 85.2 Å². The maximum absolute atomic E-state index is 15.3. The number of nitrogens with two attached hydrogens (primary N) is 1. The van der Waals surface area contributed by atoms with Crippen molar-refractivity contribution in [2.24, 2.45) is 7.05 Å². The Labute approximate surface area is 378 Å². The quantitative estimate of drug-likeness (QED) is 0.126. The predicted molar refractivity (Wildman–Crippen MR) is 247 cm³/mol. The summed E-state index contributed by atoms with van der Waals surface area (Å²) in [6, 6.07) is 23.4. The first-order chi connectivity index (χ1) is 31.5. The lowest BCUT2D eigenvalue weighted by molar-refractivity contribution is -0.133. The number of hydrogen-bond acceptors (Lipinski definition) is 10. The van der Waals surface area contributed by atoms with Gasteiger partial charge < -0.3 is 20.5 Å². The number of halogens is 1. The normalized spacial score (nSPS) is 19.6. The summed E-state index contributed by atoms with van der Waals surface area (Å²) >= 11 is 0. The lowest BCUT2D eigenvalue weighted by Gasteiger charge is -2.36. The molecule has 10 rings (SSSR count). The summed E-state index contributed by atoms with van der Waals surface area (Å²) in [6.45, 7) is 8.42. The monoisotopic (exact) mass is 877 g/mol. The molecule has 0 spiro atoms. The third kappa shape index (κ3) is 8.74. The molecule has 15 heteroatoms. The van der Waals surface area contributed by atoms with E-state index in [0.717, 1.165) is 85.4 Å². The number of carbonyl (C=O) groups is 3. The maximum Gasteiger partial charge on any atom is 0.254 e. The topological polar surface area (TPSA) is 160 Å². The number of hydrogen-bond donors (Lipinski definition) is 3. The van der Waals surface area contributed by atoms with Crippen molar-refractivity contribution < 1.29 is 18.8 Å². The highest BCUT2D eigenvalue weighted by atomic mass is 19.1. The molecule has 6 aromatic rings. The summed E-state index contributed by atoms with van der Waals surface area (Å²) in [7, 11) is 2.10.